The molecule has 0 amide bonds. The number of thioether (sulfide) groups is 1. The van der Waals surface area contributed by atoms with Crippen LogP contribution in [0.15, 0.2) is 34.0 Å². The van der Waals surface area contributed by atoms with Crippen molar-refractivity contribution in [3.05, 3.63) is 50.2 Å². The minimum absolute atomic E-state index is 0.0268. The standard InChI is InChI=1S/C22H20ClNO7S/c1-9-10(2)32-21-22(8-25)12(7-11-13(23)5-6-14(26)15(11)18(22)27)16(19(28)30-3)17(24(9)21)20(29)31-4/h5-6,8,12,21,26H,7H2,1-4H3/t12-,21?,22?/m1/s1. The normalized spacial score (nSPS) is 26.4. The predicted octanol–water partition coefficient (Wildman–Crippen LogP) is 2.83. The molecule has 2 heterocycles. The van der Waals surface area contributed by atoms with Gasteiger partial charge in [-0.3, -0.25) is 4.79 Å². The highest BCUT2D eigenvalue weighted by atomic mass is 35.5. The van der Waals surface area contributed by atoms with Gasteiger partial charge >= 0.3 is 11.9 Å². The number of esters is 2. The van der Waals surface area contributed by atoms with Crippen LogP contribution in [0.4, 0.5) is 0 Å². The molecule has 2 aliphatic heterocycles. The number of carbonyl (C=O) groups is 4. The molecular formula is C22H20ClNO7S. The summed E-state index contributed by atoms with van der Waals surface area (Å²) < 4.78 is 9.95. The van der Waals surface area contributed by atoms with Crippen molar-refractivity contribution in [1.29, 1.82) is 0 Å². The van der Waals surface area contributed by atoms with Crippen molar-refractivity contribution in [2.24, 2.45) is 11.3 Å². The summed E-state index contributed by atoms with van der Waals surface area (Å²) in [5, 5.41) is 9.85. The van der Waals surface area contributed by atoms with E-state index in [1.54, 1.807) is 13.8 Å². The molecule has 1 N–H and O–H groups in total. The average Bonchev–Trinajstić information content (AvgIpc) is 3.08. The van der Waals surface area contributed by atoms with Gasteiger partial charge in [-0.15, -0.1) is 11.8 Å². The number of hydrogen-bond donors (Lipinski definition) is 1. The van der Waals surface area contributed by atoms with E-state index in [4.69, 9.17) is 21.1 Å². The Morgan fingerprint density at radius 1 is 1.25 bits per heavy atom. The van der Waals surface area contributed by atoms with Gasteiger partial charge in [0.25, 0.3) is 0 Å². The van der Waals surface area contributed by atoms with Crippen LogP contribution in [-0.2, 0) is 30.3 Å². The van der Waals surface area contributed by atoms with Gasteiger partial charge < -0.3 is 24.3 Å². The molecule has 1 aliphatic carbocycles. The first-order valence-corrected chi connectivity index (χ1v) is 11.0. The monoisotopic (exact) mass is 477 g/mol. The Morgan fingerprint density at radius 2 is 1.91 bits per heavy atom. The van der Waals surface area contributed by atoms with E-state index in [2.05, 4.69) is 0 Å². The van der Waals surface area contributed by atoms with Crippen LogP contribution in [0.5, 0.6) is 5.75 Å². The maximum Gasteiger partial charge on any atom is 0.355 e. The van der Waals surface area contributed by atoms with E-state index < -0.39 is 34.4 Å². The number of aldehydes is 1. The number of rotatable bonds is 3. The zero-order chi connectivity index (χ0) is 23.5. The van der Waals surface area contributed by atoms with Crippen molar-refractivity contribution in [3.8, 4) is 5.75 Å². The van der Waals surface area contributed by atoms with Gasteiger partial charge in [-0.2, -0.15) is 0 Å². The van der Waals surface area contributed by atoms with Crippen molar-refractivity contribution in [3.63, 3.8) is 0 Å². The number of phenols is 1. The van der Waals surface area contributed by atoms with Crippen molar-refractivity contribution < 1.29 is 33.8 Å². The summed E-state index contributed by atoms with van der Waals surface area (Å²) in [5.41, 5.74) is -1.11. The van der Waals surface area contributed by atoms with Crippen molar-refractivity contribution in [2.75, 3.05) is 14.2 Å². The summed E-state index contributed by atoms with van der Waals surface area (Å²) in [6.07, 6.45) is 0.498. The Balaban J connectivity index is 2.13. The lowest BCUT2D eigenvalue weighted by molar-refractivity contribution is -0.143. The van der Waals surface area contributed by atoms with Crippen LogP contribution in [0.2, 0.25) is 5.02 Å². The van der Waals surface area contributed by atoms with E-state index in [0.717, 1.165) is 12.0 Å². The molecule has 0 aromatic heterocycles. The molecule has 0 radical (unpaired) electrons. The molecule has 10 heteroatoms. The molecule has 1 aromatic carbocycles. The molecule has 8 nitrogen and oxygen atoms in total. The van der Waals surface area contributed by atoms with Gasteiger partial charge in [-0.1, -0.05) is 11.6 Å². The number of hydrogen-bond acceptors (Lipinski definition) is 9. The van der Waals surface area contributed by atoms with E-state index in [-0.39, 0.29) is 34.0 Å². The Bertz CT molecular complexity index is 1160. The zero-order valence-corrected chi connectivity index (χ0v) is 19.3. The summed E-state index contributed by atoms with van der Waals surface area (Å²) in [6.45, 7) is 3.53. The van der Waals surface area contributed by atoms with E-state index in [1.807, 2.05) is 0 Å². The minimum atomic E-state index is -1.78. The third kappa shape index (κ3) is 2.70. The number of Topliss-reactive ketones (excluding diaryl/α,β-unsaturated/α-hetero) is 1. The molecule has 0 spiro atoms. The van der Waals surface area contributed by atoms with Gasteiger partial charge in [-0.05, 0) is 38.0 Å². The van der Waals surface area contributed by atoms with Gasteiger partial charge in [-0.25, -0.2) is 9.59 Å². The number of methoxy groups -OCH3 is 2. The molecule has 2 unspecified atom stereocenters. The predicted molar refractivity (Wildman–Crippen MR) is 116 cm³/mol. The number of nitrogens with zero attached hydrogens (tertiary/aromatic N) is 1. The Hall–Kier alpha value is -2.78. The molecular weight excluding hydrogens is 458 g/mol. The second-order valence-electron chi connectivity index (χ2n) is 7.78. The van der Waals surface area contributed by atoms with Gasteiger partial charge in [0.2, 0.25) is 0 Å². The first kappa shape index (κ1) is 22.4. The molecule has 3 atom stereocenters. The first-order valence-electron chi connectivity index (χ1n) is 9.71. The van der Waals surface area contributed by atoms with Crippen LogP contribution < -0.4 is 0 Å². The summed E-state index contributed by atoms with van der Waals surface area (Å²) in [5.74, 6) is -3.64. The largest absolute Gasteiger partial charge is 0.507 e. The topological polar surface area (TPSA) is 110 Å². The summed E-state index contributed by atoms with van der Waals surface area (Å²) in [4.78, 5) is 54.9. The van der Waals surface area contributed by atoms with Gasteiger partial charge in [0, 0.05) is 21.5 Å². The number of halogens is 1. The molecule has 0 bridgehead atoms. The van der Waals surface area contributed by atoms with E-state index in [0.29, 0.717) is 17.5 Å². The van der Waals surface area contributed by atoms with Gasteiger partial charge in [0.15, 0.2) is 5.78 Å². The summed E-state index contributed by atoms with van der Waals surface area (Å²) in [7, 11) is 2.34. The molecule has 0 fully saturated rings. The van der Waals surface area contributed by atoms with E-state index in [1.165, 1.54) is 35.9 Å². The van der Waals surface area contributed by atoms with Crippen LogP contribution in [-0.4, -0.2) is 53.6 Å². The molecule has 0 saturated heterocycles. The number of aromatic hydroxyl groups is 1. The molecule has 0 saturated carbocycles. The molecule has 168 valence electrons. The Kier molecular flexibility index (Phi) is 5.37. The highest BCUT2D eigenvalue weighted by Gasteiger charge is 2.65. The van der Waals surface area contributed by atoms with Crippen LogP contribution in [0.25, 0.3) is 0 Å². The van der Waals surface area contributed by atoms with Crippen molar-refractivity contribution >= 4 is 47.4 Å². The second kappa shape index (κ2) is 7.67. The highest BCUT2D eigenvalue weighted by molar-refractivity contribution is 8.03. The first-order chi connectivity index (χ1) is 15.1. The van der Waals surface area contributed by atoms with Crippen molar-refractivity contribution in [1.82, 2.24) is 4.90 Å². The number of benzene rings is 1. The van der Waals surface area contributed by atoms with Crippen LogP contribution in [0.3, 0.4) is 0 Å². The Morgan fingerprint density at radius 3 is 2.50 bits per heavy atom. The minimum Gasteiger partial charge on any atom is -0.507 e. The fourth-order valence-electron chi connectivity index (χ4n) is 4.83. The number of carbonyl (C=O) groups excluding carboxylic acids is 4. The van der Waals surface area contributed by atoms with Gasteiger partial charge in [0.1, 0.15) is 28.5 Å². The van der Waals surface area contributed by atoms with Crippen LogP contribution >= 0.6 is 23.4 Å². The zero-order valence-electron chi connectivity index (χ0n) is 17.7. The lowest BCUT2D eigenvalue weighted by atomic mass is 9.59. The lowest BCUT2D eigenvalue weighted by Gasteiger charge is -2.51. The lowest BCUT2D eigenvalue weighted by Crippen LogP contribution is -2.61. The SMILES string of the molecule is COC(=O)C1=C(C(=O)OC)N2C(C)=C(C)SC2C2(C=O)C(=O)c3c(O)ccc(Cl)c3C[C@H]12. The fourth-order valence-corrected chi connectivity index (χ4v) is 6.55. The van der Waals surface area contributed by atoms with E-state index >= 15 is 0 Å². The number of allylic oxidation sites excluding steroid dienone is 2. The number of fused-ring (bicyclic) bond motifs is 4. The highest BCUT2D eigenvalue weighted by Crippen LogP contribution is 2.60. The van der Waals surface area contributed by atoms with Gasteiger partial charge in [0.05, 0.1) is 25.4 Å². The van der Waals surface area contributed by atoms with Crippen molar-refractivity contribution in [2.45, 2.75) is 25.6 Å². The fraction of sp³-hybridized carbons (Fsp3) is 0.364. The number of ketones is 1. The summed E-state index contributed by atoms with van der Waals surface area (Å²) >= 11 is 7.60. The Labute approximate surface area is 193 Å². The maximum absolute atomic E-state index is 13.9. The second-order valence-corrected chi connectivity index (χ2v) is 9.49. The summed E-state index contributed by atoms with van der Waals surface area (Å²) in [6, 6.07) is 2.74. The third-order valence-corrected chi connectivity index (χ3v) is 8.29. The quantitative estimate of drug-likeness (QED) is 0.399. The smallest absolute Gasteiger partial charge is 0.355 e. The third-order valence-electron chi connectivity index (χ3n) is 6.46. The van der Waals surface area contributed by atoms with E-state index in [9.17, 15) is 24.3 Å². The van der Waals surface area contributed by atoms with Crippen LogP contribution in [0, 0.1) is 11.3 Å². The maximum atomic E-state index is 13.9. The molecule has 4 rings (SSSR count). The number of ether oxygens (including phenoxy) is 2. The average molecular weight is 478 g/mol. The molecule has 32 heavy (non-hydrogen) atoms. The molecule has 3 aliphatic rings. The number of phenolic OH excluding ortho intramolecular Hbond substituents is 1. The molecule has 1 aromatic rings. The van der Waals surface area contributed by atoms with Crippen LogP contribution in [0.1, 0.15) is 29.8 Å².